The van der Waals surface area contributed by atoms with Crippen LogP contribution in [0.25, 0.3) is 0 Å². The van der Waals surface area contributed by atoms with Crippen molar-refractivity contribution >= 4 is 15.7 Å². The number of sulfone groups is 1. The number of rotatable bonds is 4. The summed E-state index contributed by atoms with van der Waals surface area (Å²) in [5, 5.41) is 0. The minimum absolute atomic E-state index is 0.0480. The topological polar surface area (TPSA) is 54.5 Å². The highest BCUT2D eigenvalue weighted by atomic mass is 32.2. The Hall–Kier alpha value is -1.57. The molecule has 0 aromatic heterocycles. The molecule has 1 aromatic rings. The first-order chi connectivity index (χ1) is 12.7. The van der Waals surface area contributed by atoms with E-state index in [1.54, 1.807) is 4.90 Å². The lowest BCUT2D eigenvalue weighted by Gasteiger charge is -2.44. The van der Waals surface area contributed by atoms with E-state index in [4.69, 9.17) is 0 Å². The molecule has 150 valence electrons. The lowest BCUT2D eigenvalue weighted by atomic mass is 9.78. The summed E-state index contributed by atoms with van der Waals surface area (Å²) in [6, 6.07) is 4.38. The zero-order chi connectivity index (χ0) is 19.7. The maximum atomic E-state index is 12.8. The monoisotopic (exact) mass is 403 g/mol. The summed E-state index contributed by atoms with van der Waals surface area (Å²) in [5.74, 6) is -1.18. The molecule has 27 heavy (non-hydrogen) atoms. The number of nitrogens with zero attached hydrogens (tertiary/aromatic N) is 1. The van der Waals surface area contributed by atoms with Crippen LogP contribution in [-0.2, 0) is 26.6 Å². The van der Waals surface area contributed by atoms with Crippen LogP contribution in [0, 0.1) is 5.92 Å². The van der Waals surface area contributed by atoms with Gasteiger partial charge in [-0.2, -0.15) is 13.2 Å². The fraction of sp³-hybridized carbons (Fsp3) is 0.632. The third-order valence-electron chi connectivity index (χ3n) is 5.55. The molecule has 1 saturated heterocycles. The fourth-order valence-corrected chi connectivity index (χ4v) is 5.68. The number of hydrogen-bond donors (Lipinski definition) is 0. The van der Waals surface area contributed by atoms with Crippen molar-refractivity contribution in [2.75, 3.05) is 12.3 Å². The van der Waals surface area contributed by atoms with E-state index >= 15 is 0 Å². The number of halogens is 3. The summed E-state index contributed by atoms with van der Waals surface area (Å²) in [4.78, 5) is 14.4. The van der Waals surface area contributed by atoms with Crippen molar-refractivity contribution in [2.24, 2.45) is 5.92 Å². The van der Waals surface area contributed by atoms with Gasteiger partial charge in [0, 0.05) is 12.6 Å². The van der Waals surface area contributed by atoms with Crippen LogP contribution < -0.4 is 0 Å². The first-order valence-corrected chi connectivity index (χ1v) is 11.1. The lowest BCUT2D eigenvalue weighted by molar-refractivity contribution is -0.137. The number of amides is 1. The molecule has 0 bridgehead atoms. The van der Waals surface area contributed by atoms with Crippen molar-refractivity contribution in [1.29, 1.82) is 0 Å². The maximum Gasteiger partial charge on any atom is 0.416 e. The minimum Gasteiger partial charge on any atom is -0.339 e. The highest BCUT2D eigenvalue weighted by Crippen LogP contribution is 2.35. The van der Waals surface area contributed by atoms with E-state index in [-0.39, 0.29) is 11.6 Å². The van der Waals surface area contributed by atoms with E-state index in [1.807, 2.05) is 0 Å². The van der Waals surface area contributed by atoms with Crippen molar-refractivity contribution in [3.8, 4) is 0 Å². The Kier molecular flexibility index (Phi) is 5.84. The molecule has 3 rings (SSSR count). The molecule has 2 aliphatic rings. The van der Waals surface area contributed by atoms with E-state index in [2.05, 4.69) is 0 Å². The molecule has 1 amide bonds. The van der Waals surface area contributed by atoms with Crippen LogP contribution in [0.5, 0.6) is 0 Å². The minimum atomic E-state index is -4.53. The average molecular weight is 403 g/mol. The summed E-state index contributed by atoms with van der Waals surface area (Å²) in [7, 11) is -3.84. The van der Waals surface area contributed by atoms with Gasteiger partial charge in [-0.15, -0.1) is 0 Å². The van der Waals surface area contributed by atoms with Crippen molar-refractivity contribution in [3.05, 3.63) is 35.4 Å². The molecule has 1 aliphatic heterocycles. The van der Waals surface area contributed by atoms with Crippen molar-refractivity contribution < 1.29 is 26.4 Å². The molecule has 8 heteroatoms. The number of piperidine rings is 1. The number of benzene rings is 1. The van der Waals surface area contributed by atoms with Gasteiger partial charge >= 0.3 is 6.18 Å². The second kappa shape index (κ2) is 7.81. The number of carbonyl (C=O) groups excluding carboxylic acids is 1. The van der Waals surface area contributed by atoms with Crippen LogP contribution in [0.1, 0.15) is 49.7 Å². The van der Waals surface area contributed by atoms with Gasteiger partial charge in [0.25, 0.3) is 0 Å². The molecule has 2 fully saturated rings. The Balaban J connectivity index is 1.68. The summed E-state index contributed by atoms with van der Waals surface area (Å²) >= 11 is 0. The standard InChI is InChI=1S/C19H24F3NO3S/c20-19(21,22)16-8-3-5-14(11-16)12-27(25,26)13-18(24)23-10-4-7-15-6-1-2-9-17(15)23/h3,5,8,11,15,17H,1-2,4,6-7,9-10,12-13H2. The van der Waals surface area contributed by atoms with Crippen molar-refractivity contribution in [2.45, 2.75) is 56.5 Å². The smallest absolute Gasteiger partial charge is 0.339 e. The molecule has 1 heterocycles. The normalized spacial score (nSPS) is 23.7. The Morgan fingerprint density at radius 3 is 2.56 bits per heavy atom. The van der Waals surface area contributed by atoms with Gasteiger partial charge in [0.2, 0.25) is 5.91 Å². The number of hydrogen-bond acceptors (Lipinski definition) is 3. The quantitative estimate of drug-likeness (QED) is 0.768. The van der Waals surface area contributed by atoms with Crippen LogP contribution in [0.3, 0.4) is 0 Å². The first-order valence-electron chi connectivity index (χ1n) is 9.32. The Morgan fingerprint density at radius 1 is 1.11 bits per heavy atom. The Bertz CT molecular complexity index is 790. The van der Waals surface area contributed by atoms with Gasteiger partial charge in [0.15, 0.2) is 9.84 Å². The molecule has 0 radical (unpaired) electrons. The largest absolute Gasteiger partial charge is 0.416 e. The number of likely N-dealkylation sites (tertiary alicyclic amines) is 1. The summed E-state index contributed by atoms with van der Waals surface area (Å²) in [6.45, 7) is 0.569. The molecule has 2 unspecified atom stereocenters. The second-order valence-corrected chi connectivity index (χ2v) is 9.64. The molecule has 1 aliphatic carbocycles. The highest BCUT2D eigenvalue weighted by Gasteiger charge is 2.37. The summed E-state index contributed by atoms with van der Waals surface area (Å²) in [5.41, 5.74) is -0.839. The molecule has 4 nitrogen and oxygen atoms in total. The van der Waals surface area contributed by atoms with E-state index in [1.165, 1.54) is 12.1 Å². The van der Waals surface area contributed by atoms with Gasteiger partial charge in [-0.25, -0.2) is 8.42 Å². The number of carbonyl (C=O) groups is 1. The average Bonchev–Trinajstić information content (AvgIpc) is 2.60. The lowest BCUT2D eigenvalue weighted by Crippen LogP contribution is -2.51. The Morgan fingerprint density at radius 2 is 1.81 bits per heavy atom. The Labute approximate surface area is 157 Å². The third kappa shape index (κ3) is 5.03. The predicted molar refractivity (Wildman–Crippen MR) is 95.6 cm³/mol. The highest BCUT2D eigenvalue weighted by molar-refractivity contribution is 7.91. The molecule has 0 spiro atoms. The second-order valence-electron chi connectivity index (χ2n) is 7.57. The van der Waals surface area contributed by atoms with Crippen LogP contribution in [0.4, 0.5) is 13.2 Å². The molecule has 0 N–H and O–H groups in total. The fourth-order valence-electron chi connectivity index (χ4n) is 4.35. The molecular formula is C19H24F3NO3S. The SMILES string of the molecule is O=C(CS(=O)(=O)Cc1cccc(C(F)(F)F)c1)N1CCCC2CCCCC21. The summed E-state index contributed by atoms with van der Waals surface area (Å²) < 4.78 is 63.3. The van der Waals surface area contributed by atoms with Crippen LogP contribution in [0.15, 0.2) is 24.3 Å². The van der Waals surface area contributed by atoms with Crippen molar-refractivity contribution in [1.82, 2.24) is 4.90 Å². The van der Waals surface area contributed by atoms with E-state index in [9.17, 15) is 26.4 Å². The molecule has 1 aromatic carbocycles. The van der Waals surface area contributed by atoms with Crippen LogP contribution >= 0.6 is 0 Å². The van der Waals surface area contributed by atoms with Crippen LogP contribution in [0.2, 0.25) is 0 Å². The third-order valence-corrected chi connectivity index (χ3v) is 7.01. The van der Waals surface area contributed by atoms with E-state index in [0.29, 0.717) is 12.5 Å². The summed E-state index contributed by atoms with van der Waals surface area (Å²) in [6.07, 6.45) is 1.60. The van der Waals surface area contributed by atoms with Crippen LogP contribution in [-0.4, -0.2) is 37.6 Å². The van der Waals surface area contributed by atoms with E-state index in [0.717, 1.165) is 50.7 Å². The van der Waals surface area contributed by atoms with Gasteiger partial charge in [0.05, 0.1) is 11.3 Å². The predicted octanol–water partition coefficient (Wildman–Crippen LogP) is 3.80. The van der Waals surface area contributed by atoms with E-state index < -0.39 is 39.0 Å². The zero-order valence-electron chi connectivity index (χ0n) is 15.0. The molecule has 2 atom stereocenters. The first kappa shape index (κ1) is 20.2. The molecular weight excluding hydrogens is 379 g/mol. The molecule has 1 saturated carbocycles. The number of fused-ring (bicyclic) bond motifs is 1. The van der Waals surface area contributed by atoms with Gasteiger partial charge in [-0.05, 0) is 43.2 Å². The zero-order valence-corrected chi connectivity index (χ0v) is 15.9. The van der Waals surface area contributed by atoms with Gasteiger partial charge < -0.3 is 4.90 Å². The maximum absolute atomic E-state index is 12.8. The van der Waals surface area contributed by atoms with Gasteiger partial charge in [-0.3, -0.25) is 4.79 Å². The van der Waals surface area contributed by atoms with Gasteiger partial charge in [-0.1, -0.05) is 31.0 Å². The number of alkyl halides is 3. The van der Waals surface area contributed by atoms with Gasteiger partial charge in [0.1, 0.15) is 5.75 Å². The van der Waals surface area contributed by atoms with Crippen molar-refractivity contribution in [3.63, 3.8) is 0 Å².